The van der Waals surface area contributed by atoms with Gasteiger partial charge in [0.05, 0.1) is 5.92 Å². The van der Waals surface area contributed by atoms with Crippen LogP contribution in [0.5, 0.6) is 11.5 Å². The van der Waals surface area contributed by atoms with Crippen molar-refractivity contribution in [3.05, 3.63) is 23.8 Å². The Morgan fingerprint density at radius 3 is 2.71 bits per heavy atom. The Morgan fingerprint density at radius 1 is 1.35 bits per heavy atom. The van der Waals surface area contributed by atoms with Crippen molar-refractivity contribution in [1.82, 2.24) is 0 Å². The van der Waals surface area contributed by atoms with Crippen LogP contribution < -0.4 is 9.47 Å². The van der Waals surface area contributed by atoms with Gasteiger partial charge in [-0.3, -0.25) is 0 Å². The Labute approximate surface area is 100 Å². The van der Waals surface area contributed by atoms with Crippen LogP contribution in [0.2, 0.25) is 0 Å². The third kappa shape index (κ3) is 1.23. The molecule has 0 spiro atoms. The summed E-state index contributed by atoms with van der Waals surface area (Å²) in [4.78, 5) is 8.53. The number of rotatable bonds is 2. The molecular weight excluding hydrogens is 254 g/mol. The number of halogens is 3. The van der Waals surface area contributed by atoms with Crippen LogP contribution in [0.3, 0.4) is 0 Å². The average Bonchev–Trinajstić information content (AvgIpc) is 2.68. The van der Waals surface area contributed by atoms with Crippen LogP contribution in [0.25, 0.3) is 0 Å². The molecule has 0 saturated heterocycles. The van der Waals surface area contributed by atoms with E-state index in [0.29, 0.717) is 11.5 Å². The zero-order valence-corrected chi connectivity index (χ0v) is 9.21. The summed E-state index contributed by atoms with van der Waals surface area (Å²) in [7, 11) is 0. The summed E-state index contributed by atoms with van der Waals surface area (Å²) in [5.41, 5.74) is 0.279. The first kappa shape index (κ1) is 10.8. The number of aldehydes is 1. The second-order valence-corrected chi connectivity index (χ2v) is 4.68. The Hall–Kier alpha value is -1.36. The van der Waals surface area contributed by atoms with Gasteiger partial charge in [0, 0.05) is 0 Å². The van der Waals surface area contributed by atoms with E-state index in [2.05, 4.69) is 0 Å². The maximum atomic E-state index is 13.4. The maximum Gasteiger partial charge on any atom is 0.283 e. The van der Waals surface area contributed by atoms with Crippen molar-refractivity contribution in [3.8, 4) is 11.5 Å². The molecule has 3 nitrogen and oxygen atoms in total. The summed E-state index contributed by atoms with van der Waals surface area (Å²) in [5.74, 6) is -3.62. The van der Waals surface area contributed by atoms with Gasteiger partial charge in [0.1, 0.15) is 6.29 Å². The van der Waals surface area contributed by atoms with Crippen LogP contribution in [-0.4, -0.2) is 23.9 Å². The molecule has 1 heterocycles. The van der Waals surface area contributed by atoms with Crippen LogP contribution in [0.4, 0.5) is 8.78 Å². The van der Waals surface area contributed by atoms with Crippen molar-refractivity contribution in [2.45, 2.75) is 16.7 Å². The van der Waals surface area contributed by atoms with E-state index in [1.807, 2.05) is 0 Å². The summed E-state index contributed by atoms with van der Waals surface area (Å²) >= 11 is 5.58. The van der Waals surface area contributed by atoms with Crippen LogP contribution in [0, 0.1) is 0 Å². The van der Waals surface area contributed by atoms with Crippen molar-refractivity contribution in [1.29, 1.82) is 0 Å². The summed E-state index contributed by atoms with van der Waals surface area (Å²) < 4.78 is 37.1. The fraction of sp³-hybridized carbons (Fsp3) is 0.364. The van der Waals surface area contributed by atoms with Gasteiger partial charge in [0.2, 0.25) is 6.79 Å². The van der Waals surface area contributed by atoms with E-state index >= 15 is 0 Å². The molecular formula is C11H7ClF2O3. The lowest BCUT2D eigenvalue weighted by molar-refractivity contribution is -0.109. The first-order valence-electron chi connectivity index (χ1n) is 4.93. The molecule has 1 aliphatic carbocycles. The van der Waals surface area contributed by atoms with Crippen LogP contribution in [-0.2, 0) is 4.79 Å². The lowest BCUT2D eigenvalue weighted by Gasteiger charge is -2.01. The van der Waals surface area contributed by atoms with E-state index in [1.54, 1.807) is 0 Å². The lowest BCUT2D eigenvalue weighted by Crippen LogP contribution is -2.11. The molecule has 0 N–H and O–H groups in total. The molecule has 0 radical (unpaired) electrons. The molecule has 0 bridgehead atoms. The van der Waals surface area contributed by atoms with Crippen LogP contribution >= 0.6 is 11.6 Å². The second-order valence-electron chi connectivity index (χ2n) is 4.05. The fourth-order valence-electron chi connectivity index (χ4n) is 2.08. The number of hydrogen-bond donors (Lipinski definition) is 0. The molecule has 17 heavy (non-hydrogen) atoms. The molecule has 1 fully saturated rings. The second kappa shape index (κ2) is 3.10. The van der Waals surface area contributed by atoms with Crippen molar-refractivity contribution in [2.24, 2.45) is 0 Å². The van der Waals surface area contributed by atoms with E-state index in [9.17, 15) is 13.6 Å². The number of benzene rings is 1. The molecule has 1 saturated carbocycles. The average molecular weight is 261 g/mol. The number of carbonyl (C=O) groups is 1. The highest BCUT2D eigenvalue weighted by atomic mass is 35.5. The summed E-state index contributed by atoms with van der Waals surface area (Å²) in [6.45, 7) is 0.0690. The molecule has 0 aromatic heterocycles. The largest absolute Gasteiger partial charge is 0.454 e. The smallest absolute Gasteiger partial charge is 0.283 e. The van der Waals surface area contributed by atoms with E-state index in [0.717, 1.165) is 0 Å². The molecule has 1 aliphatic heterocycles. The van der Waals surface area contributed by atoms with Gasteiger partial charge in [-0.15, -0.1) is 11.6 Å². The van der Waals surface area contributed by atoms with Crippen molar-refractivity contribution < 1.29 is 23.0 Å². The predicted octanol–water partition coefficient (Wildman–Crippen LogP) is 2.32. The third-order valence-electron chi connectivity index (χ3n) is 3.11. The number of carbonyl (C=O) groups excluding carboxylic acids is 1. The topological polar surface area (TPSA) is 35.5 Å². The summed E-state index contributed by atoms with van der Waals surface area (Å²) in [5, 5.41) is 0. The molecule has 6 heteroatoms. The molecule has 2 atom stereocenters. The van der Waals surface area contributed by atoms with Gasteiger partial charge in [-0.05, 0) is 17.7 Å². The molecule has 0 amide bonds. The number of alkyl halides is 3. The van der Waals surface area contributed by atoms with Crippen molar-refractivity contribution in [2.75, 3.05) is 6.79 Å². The fourth-order valence-corrected chi connectivity index (χ4v) is 2.40. The maximum absolute atomic E-state index is 13.4. The minimum atomic E-state index is -3.22. The zero-order chi connectivity index (χ0) is 12.3. The van der Waals surface area contributed by atoms with Crippen LogP contribution in [0.15, 0.2) is 18.2 Å². The van der Waals surface area contributed by atoms with E-state index in [-0.39, 0.29) is 18.6 Å². The first-order valence-corrected chi connectivity index (χ1v) is 5.31. The highest BCUT2D eigenvalue weighted by molar-refractivity contribution is 6.36. The molecule has 1 aromatic rings. The lowest BCUT2D eigenvalue weighted by atomic mass is 10.1. The quantitative estimate of drug-likeness (QED) is 0.605. The van der Waals surface area contributed by atoms with Crippen molar-refractivity contribution in [3.63, 3.8) is 0 Å². The minimum Gasteiger partial charge on any atom is -0.454 e. The highest BCUT2D eigenvalue weighted by Crippen LogP contribution is 2.67. The van der Waals surface area contributed by atoms with Gasteiger partial charge in [-0.25, -0.2) is 8.78 Å². The van der Waals surface area contributed by atoms with E-state index in [1.165, 1.54) is 18.2 Å². The van der Waals surface area contributed by atoms with Crippen molar-refractivity contribution >= 4 is 17.9 Å². The normalized spacial score (nSPS) is 32.3. The third-order valence-corrected chi connectivity index (χ3v) is 3.67. The number of fused-ring (bicyclic) bond motifs is 1. The van der Waals surface area contributed by atoms with E-state index in [4.69, 9.17) is 21.1 Å². The first-order chi connectivity index (χ1) is 8.00. The monoisotopic (exact) mass is 260 g/mol. The van der Waals surface area contributed by atoms with Gasteiger partial charge in [0.15, 0.2) is 16.4 Å². The molecule has 2 unspecified atom stereocenters. The Kier molecular flexibility index (Phi) is 1.96. The number of ether oxygens (including phenoxy) is 2. The number of hydrogen-bond acceptors (Lipinski definition) is 3. The molecule has 3 rings (SSSR count). The Bertz CT molecular complexity index is 505. The van der Waals surface area contributed by atoms with Gasteiger partial charge in [-0.2, -0.15) is 0 Å². The van der Waals surface area contributed by atoms with Gasteiger partial charge in [-0.1, -0.05) is 6.07 Å². The zero-order valence-electron chi connectivity index (χ0n) is 8.45. The molecule has 2 aliphatic rings. The Morgan fingerprint density at radius 2 is 2.06 bits per heavy atom. The summed E-state index contributed by atoms with van der Waals surface area (Å²) in [6, 6.07) is 4.45. The van der Waals surface area contributed by atoms with Gasteiger partial charge in [0.25, 0.3) is 5.92 Å². The van der Waals surface area contributed by atoms with E-state index < -0.39 is 16.7 Å². The van der Waals surface area contributed by atoms with Crippen LogP contribution in [0.1, 0.15) is 11.5 Å². The predicted molar refractivity (Wildman–Crippen MR) is 54.9 cm³/mol. The highest BCUT2D eigenvalue weighted by Gasteiger charge is 2.81. The minimum absolute atomic E-state index is 0.0690. The molecule has 90 valence electrons. The van der Waals surface area contributed by atoms with Gasteiger partial charge >= 0.3 is 0 Å². The summed E-state index contributed by atoms with van der Waals surface area (Å²) in [6.07, 6.45) is 0.101. The Balaban J connectivity index is 2.00. The SMILES string of the molecule is O=CC1(Cl)C(c2ccc3c(c2)OCO3)C1(F)F. The van der Waals surface area contributed by atoms with Gasteiger partial charge < -0.3 is 14.3 Å². The standard InChI is InChI=1S/C11H7ClF2O3/c12-10(4-15)9(11(10,13)14)6-1-2-7-8(3-6)17-5-16-7/h1-4,9H,5H2. The molecule has 1 aromatic carbocycles.